The van der Waals surface area contributed by atoms with E-state index in [1.54, 1.807) is 11.8 Å². The molecule has 19 heavy (non-hydrogen) atoms. The monoisotopic (exact) mass is 287 g/mol. The summed E-state index contributed by atoms with van der Waals surface area (Å²) in [7, 11) is 0. The molecule has 2 aliphatic rings. The van der Waals surface area contributed by atoms with Crippen LogP contribution in [0.25, 0.3) is 0 Å². The van der Waals surface area contributed by atoms with Crippen LogP contribution in [0.2, 0.25) is 0 Å². The predicted molar refractivity (Wildman–Crippen MR) is 74.3 cm³/mol. The molecule has 5 nitrogen and oxygen atoms in total. The zero-order valence-corrected chi connectivity index (χ0v) is 12.2. The number of urea groups is 1. The van der Waals surface area contributed by atoms with E-state index in [4.69, 9.17) is 11.6 Å². The number of halogens is 1. The molecule has 0 radical (unpaired) electrons. The summed E-state index contributed by atoms with van der Waals surface area (Å²) in [5.74, 6) is -0.423. The Morgan fingerprint density at radius 2 is 1.89 bits per heavy atom. The Morgan fingerprint density at radius 1 is 1.21 bits per heavy atom. The van der Waals surface area contributed by atoms with Gasteiger partial charge in [0, 0.05) is 19.1 Å². The van der Waals surface area contributed by atoms with Crippen molar-refractivity contribution in [1.29, 1.82) is 0 Å². The van der Waals surface area contributed by atoms with Crippen LogP contribution in [-0.2, 0) is 4.79 Å². The molecular formula is C13H22ClN3O2. The second-order valence-corrected chi connectivity index (χ2v) is 6.05. The molecular weight excluding hydrogens is 266 g/mol. The predicted octanol–water partition coefficient (Wildman–Crippen LogP) is 1.41. The van der Waals surface area contributed by atoms with Gasteiger partial charge in [-0.25, -0.2) is 4.79 Å². The van der Waals surface area contributed by atoms with Crippen molar-refractivity contribution < 1.29 is 9.59 Å². The van der Waals surface area contributed by atoms with Crippen LogP contribution in [0.5, 0.6) is 0 Å². The van der Waals surface area contributed by atoms with Gasteiger partial charge in [0.2, 0.25) is 5.91 Å². The summed E-state index contributed by atoms with van der Waals surface area (Å²) in [6.45, 7) is 5.27. The van der Waals surface area contributed by atoms with Crippen molar-refractivity contribution in [2.45, 2.75) is 44.0 Å². The highest BCUT2D eigenvalue weighted by Crippen LogP contribution is 2.20. The molecule has 2 aliphatic heterocycles. The van der Waals surface area contributed by atoms with E-state index < -0.39 is 11.3 Å². The van der Waals surface area contributed by atoms with Crippen LogP contribution in [-0.4, -0.2) is 59.3 Å². The second-order valence-electron chi connectivity index (χ2n) is 5.40. The van der Waals surface area contributed by atoms with Gasteiger partial charge in [0.15, 0.2) is 0 Å². The van der Waals surface area contributed by atoms with Gasteiger partial charge in [-0.15, -0.1) is 11.6 Å². The number of piperidine rings is 1. The topological polar surface area (TPSA) is 52.7 Å². The number of rotatable bonds is 2. The van der Waals surface area contributed by atoms with Gasteiger partial charge in [0.1, 0.15) is 5.38 Å². The number of nitrogens with one attached hydrogen (secondary N) is 1. The van der Waals surface area contributed by atoms with Crippen LogP contribution in [0.1, 0.15) is 32.6 Å². The summed E-state index contributed by atoms with van der Waals surface area (Å²) >= 11 is 5.64. The average Bonchev–Trinajstić information content (AvgIpc) is 2.89. The number of hydrogen-bond donors (Lipinski definition) is 1. The van der Waals surface area contributed by atoms with Gasteiger partial charge in [-0.1, -0.05) is 6.42 Å². The molecule has 2 saturated heterocycles. The number of alkyl halides is 1. The molecule has 0 saturated carbocycles. The number of imide groups is 1. The standard InChI is InChI=1S/C13H22ClN3O2/c1-10(14)12(18)15-13(19)17-8-5-11(9-17)16-6-3-2-4-7-16/h10-11H,2-9H2,1H3,(H,15,18,19). The first-order valence-corrected chi connectivity index (χ1v) is 7.49. The van der Waals surface area contributed by atoms with Crippen molar-refractivity contribution in [3.63, 3.8) is 0 Å². The highest BCUT2D eigenvalue weighted by molar-refractivity contribution is 6.31. The van der Waals surface area contributed by atoms with E-state index in [2.05, 4.69) is 10.2 Å². The quantitative estimate of drug-likeness (QED) is 0.782. The lowest BCUT2D eigenvalue weighted by molar-refractivity contribution is -0.119. The van der Waals surface area contributed by atoms with Crippen LogP contribution in [0.4, 0.5) is 4.79 Å². The molecule has 2 unspecified atom stereocenters. The molecule has 0 bridgehead atoms. The Kier molecular flexibility index (Phi) is 5.05. The van der Waals surface area contributed by atoms with E-state index in [1.807, 2.05) is 0 Å². The lowest BCUT2D eigenvalue weighted by atomic mass is 10.1. The number of nitrogens with zero attached hydrogens (tertiary/aromatic N) is 2. The molecule has 1 N–H and O–H groups in total. The third-order valence-corrected chi connectivity index (χ3v) is 4.15. The van der Waals surface area contributed by atoms with Crippen molar-refractivity contribution in [2.75, 3.05) is 26.2 Å². The van der Waals surface area contributed by atoms with Crippen LogP contribution in [0.15, 0.2) is 0 Å². The van der Waals surface area contributed by atoms with Gasteiger partial charge >= 0.3 is 6.03 Å². The molecule has 6 heteroatoms. The van der Waals surface area contributed by atoms with Crippen molar-refractivity contribution in [1.82, 2.24) is 15.1 Å². The first-order valence-electron chi connectivity index (χ1n) is 7.06. The fraction of sp³-hybridized carbons (Fsp3) is 0.846. The number of carbonyl (C=O) groups is 2. The summed E-state index contributed by atoms with van der Waals surface area (Å²) in [5.41, 5.74) is 0. The molecule has 0 aromatic carbocycles. The highest BCUT2D eigenvalue weighted by Gasteiger charge is 2.31. The van der Waals surface area contributed by atoms with E-state index in [0.717, 1.165) is 32.6 Å². The van der Waals surface area contributed by atoms with E-state index >= 15 is 0 Å². The number of amides is 3. The van der Waals surface area contributed by atoms with E-state index in [0.29, 0.717) is 6.04 Å². The van der Waals surface area contributed by atoms with Gasteiger partial charge in [0.25, 0.3) is 0 Å². The maximum Gasteiger partial charge on any atom is 0.324 e. The molecule has 0 aromatic rings. The minimum Gasteiger partial charge on any atom is -0.323 e. The van der Waals surface area contributed by atoms with Crippen molar-refractivity contribution in [2.24, 2.45) is 0 Å². The number of carbonyl (C=O) groups excluding carboxylic acids is 2. The van der Waals surface area contributed by atoms with Gasteiger partial charge in [-0.05, 0) is 39.3 Å². The van der Waals surface area contributed by atoms with Crippen molar-refractivity contribution in [3.8, 4) is 0 Å². The smallest absolute Gasteiger partial charge is 0.323 e. The summed E-state index contributed by atoms with van der Waals surface area (Å²) in [6.07, 6.45) is 4.82. The minimum absolute atomic E-state index is 0.308. The van der Waals surface area contributed by atoms with Gasteiger partial charge in [-0.3, -0.25) is 15.0 Å². The third kappa shape index (κ3) is 3.83. The molecule has 0 aromatic heterocycles. The van der Waals surface area contributed by atoms with Crippen LogP contribution < -0.4 is 5.32 Å². The van der Waals surface area contributed by atoms with Crippen molar-refractivity contribution >= 4 is 23.5 Å². The highest BCUT2D eigenvalue weighted by atomic mass is 35.5. The van der Waals surface area contributed by atoms with E-state index in [-0.39, 0.29) is 6.03 Å². The summed E-state index contributed by atoms with van der Waals surface area (Å²) in [4.78, 5) is 27.5. The zero-order valence-electron chi connectivity index (χ0n) is 11.4. The Morgan fingerprint density at radius 3 is 2.53 bits per heavy atom. The molecule has 0 aliphatic carbocycles. The number of hydrogen-bond acceptors (Lipinski definition) is 3. The summed E-state index contributed by atoms with van der Waals surface area (Å²) in [6, 6.07) is 0.145. The lowest BCUT2D eigenvalue weighted by Gasteiger charge is -2.32. The van der Waals surface area contributed by atoms with E-state index in [9.17, 15) is 9.59 Å². The zero-order chi connectivity index (χ0) is 13.8. The van der Waals surface area contributed by atoms with Gasteiger partial charge in [0.05, 0.1) is 0 Å². The first kappa shape index (κ1) is 14.6. The molecule has 2 heterocycles. The summed E-state index contributed by atoms with van der Waals surface area (Å²) in [5, 5.41) is 1.67. The molecule has 3 amide bonds. The normalized spacial score (nSPS) is 26.2. The van der Waals surface area contributed by atoms with E-state index in [1.165, 1.54) is 19.3 Å². The Bertz CT molecular complexity index is 343. The van der Waals surface area contributed by atoms with Crippen LogP contribution in [0, 0.1) is 0 Å². The third-order valence-electron chi connectivity index (χ3n) is 3.95. The maximum atomic E-state index is 11.9. The number of likely N-dealkylation sites (tertiary alicyclic amines) is 2. The molecule has 2 fully saturated rings. The van der Waals surface area contributed by atoms with Gasteiger partial charge in [-0.2, -0.15) is 0 Å². The minimum atomic E-state index is -0.676. The van der Waals surface area contributed by atoms with Crippen LogP contribution in [0.3, 0.4) is 0 Å². The second kappa shape index (κ2) is 6.57. The van der Waals surface area contributed by atoms with Crippen LogP contribution >= 0.6 is 11.6 Å². The van der Waals surface area contributed by atoms with Crippen molar-refractivity contribution in [3.05, 3.63) is 0 Å². The summed E-state index contributed by atoms with van der Waals surface area (Å²) < 4.78 is 0. The van der Waals surface area contributed by atoms with Gasteiger partial charge < -0.3 is 4.90 Å². The molecule has 0 spiro atoms. The Labute approximate surface area is 119 Å². The first-order chi connectivity index (χ1) is 9.08. The molecule has 2 rings (SSSR count). The fourth-order valence-corrected chi connectivity index (χ4v) is 2.85. The Balaban J connectivity index is 1.80. The average molecular weight is 288 g/mol. The molecule has 108 valence electrons. The lowest BCUT2D eigenvalue weighted by Crippen LogP contribution is -2.46. The SMILES string of the molecule is CC(Cl)C(=O)NC(=O)N1CCC(N2CCCCC2)C1. The maximum absolute atomic E-state index is 11.9. The largest absolute Gasteiger partial charge is 0.324 e. The Hall–Kier alpha value is -0.810. The molecule has 2 atom stereocenters. The fourth-order valence-electron chi connectivity index (χ4n) is 2.79.